The highest BCUT2D eigenvalue weighted by Gasteiger charge is 2.28. The van der Waals surface area contributed by atoms with Gasteiger partial charge < -0.3 is 10.1 Å². The lowest BCUT2D eigenvalue weighted by Crippen LogP contribution is -2.21. The Morgan fingerprint density at radius 1 is 1.08 bits per heavy atom. The van der Waals surface area contributed by atoms with Crippen LogP contribution in [0.1, 0.15) is 43.0 Å². The second-order valence-electron chi connectivity index (χ2n) is 8.81. The summed E-state index contributed by atoms with van der Waals surface area (Å²) in [6.07, 6.45) is 2.19. The van der Waals surface area contributed by atoms with E-state index in [1.54, 1.807) is 11.5 Å². The summed E-state index contributed by atoms with van der Waals surface area (Å²) in [5, 5.41) is 3.77. The molecule has 5 rings (SSSR count). The molecule has 39 heavy (non-hydrogen) atoms. The number of halogens is 1. The molecule has 7 nitrogen and oxygen atoms in total. The highest BCUT2D eigenvalue weighted by atomic mass is 79.9. The summed E-state index contributed by atoms with van der Waals surface area (Å²) in [6, 6.07) is 17.3. The van der Waals surface area contributed by atoms with Crippen molar-refractivity contribution >= 4 is 65.7 Å². The van der Waals surface area contributed by atoms with E-state index >= 15 is 0 Å². The number of benzene rings is 2. The van der Waals surface area contributed by atoms with Gasteiger partial charge in [-0.3, -0.25) is 14.2 Å². The Balaban J connectivity index is 1.54. The summed E-state index contributed by atoms with van der Waals surface area (Å²) < 4.78 is 7.58. The summed E-state index contributed by atoms with van der Waals surface area (Å²) in [5.41, 5.74) is 3.26. The van der Waals surface area contributed by atoms with Gasteiger partial charge in [0.1, 0.15) is 15.4 Å². The average molecular weight is 623 g/mol. The summed E-state index contributed by atoms with van der Waals surface area (Å²) in [4.78, 5) is 46.1. The number of hydrogen-bond acceptors (Lipinski definition) is 7. The first-order chi connectivity index (χ1) is 18.8. The molecule has 1 amide bonds. The van der Waals surface area contributed by atoms with Gasteiger partial charge in [0.15, 0.2) is 0 Å². The molecule has 0 radical (unpaired) electrons. The van der Waals surface area contributed by atoms with Crippen molar-refractivity contribution < 1.29 is 14.3 Å². The van der Waals surface area contributed by atoms with E-state index in [2.05, 4.69) is 26.2 Å². The third-order valence-electron chi connectivity index (χ3n) is 6.37. The van der Waals surface area contributed by atoms with Gasteiger partial charge in [-0.2, -0.15) is 0 Å². The molecule has 0 aliphatic rings. The Labute approximate surface area is 241 Å². The third kappa shape index (κ3) is 5.19. The van der Waals surface area contributed by atoms with Crippen LogP contribution in [-0.2, 0) is 17.7 Å². The maximum Gasteiger partial charge on any atom is 0.341 e. The molecule has 0 atom stereocenters. The second kappa shape index (κ2) is 11.3. The topological polar surface area (TPSA) is 90.3 Å². The molecule has 0 unspecified atom stereocenters. The molecule has 1 N–H and O–H groups in total. The first-order valence-corrected chi connectivity index (χ1v) is 14.6. The highest BCUT2D eigenvalue weighted by molar-refractivity contribution is 9.10. The molecule has 3 heterocycles. The summed E-state index contributed by atoms with van der Waals surface area (Å²) >= 11 is 5.96. The number of methoxy groups -OCH3 is 1. The molecule has 0 aliphatic carbocycles. The van der Waals surface area contributed by atoms with E-state index in [0.717, 1.165) is 37.4 Å². The highest BCUT2D eigenvalue weighted by Crippen LogP contribution is 2.42. The summed E-state index contributed by atoms with van der Waals surface area (Å²) in [5.74, 6) is -0.932. The van der Waals surface area contributed by atoms with E-state index in [0.29, 0.717) is 44.2 Å². The number of thiophene rings is 2. The number of esters is 1. The molecular weight excluding hydrogens is 598 g/mol. The minimum Gasteiger partial charge on any atom is -0.465 e. The normalized spacial score (nSPS) is 11.1. The van der Waals surface area contributed by atoms with Crippen LogP contribution in [0.25, 0.3) is 21.3 Å². The minimum atomic E-state index is -0.530. The zero-order valence-electron chi connectivity index (χ0n) is 21.4. The summed E-state index contributed by atoms with van der Waals surface area (Å²) in [7, 11) is 1.32. The number of fused-ring (bicyclic) bond motifs is 1. The lowest BCUT2D eigenvalue weighted by Gasteiger charge is -2.08. The molecule has 0 aliphatic heterocycles. The van der Waals surface area contributed by atoms with Crippen LogP contribution >= 0.6 is 38.6 Å². The van der Waals surface area contributed by atoms with Gasteiger partial charge in [-0.1, -0.05) is 65.3 Å². The number of hydrogen-bond donors (Lipinski definition) is 1. The van der Waals surface area contributed by atoms with Gasteiger partial charge in [0, 0.05) is 14.9 Å². The van der Waals surface area contributed by atoms with Crippen molar-refractivity contribution in [2.75, 3.05) is 12.4 Å². The van der Waals surface area contributed by atoms with Crippen LogP contribution < -0.4 is 10.9 Å². The van der Waals surface area contributed by atoms with Crippen molar-refractivity contribution in [3.8, 4) is 11.1 Å². The standard InChI is InChI=1S/C29H24BrN3O4S2/c1-4-20-22(18-10-12-19(30)13-11-18)23(29(36)37-3)27(38-20)32-25(34)24-16(2)21-26(39-24)31-15-33(28(21)35)14-17-8-6-5-7-9-17/h5-13,15H,4,14H2,1-3H3,(H,32,34). The zero-order chi connectivity index (χ0) is 27.7. The van der Waals surface area contributed by atoms with E-state index < -0.39 is 11.9 Å². The van der Waals surface area contributed by atoms with Crippen LogP contribution in [0, 0.1) is 6.92 Å². The van der Waals surface area contributed by atoms with Crippen molar-refractivity contribution in [3.63, 3.8) is 0 Å². The molecule has 0 bridgehead atoms. The fourth-order valence-electron chi connectivity index (χ4n) is 4.46. The molecule has 0 fully saturated rings. The molecule has 0 saturated carbocycles. The molecule has 5 aromatic rings. The average Bonchev–Trinajstić information content (AvgIpc) is 3.48. The largest absolute Gasteiger partial charge is 0.465 e. The Hall–Kier alpha value is -3.60. The lowest BCUT2D eigenvalue weighted by molar-refractivity contribution is 0.0603. The summed E-state index contributed by atoms with van der Waals surface area (Å²) in [6.45, 7) is 4.14. The Bertz CT molecular complexity index is 1760. The molecule has 2 aromatic carbocycles. The van der Waals surface area contributed by atoms with Crippen LogP contribution in [0.4, 0.5) is 5.00 Å². The van der Waals surface area contributed by atoms with Crippen molar-refractivity contribution in [1.82, 2.24) is 9.55 Å². The van der Waals surface area contributed by atoms with E-state index in [4.69, 9.17) is 4.74 Å². The third-order valence-corrected chi connectivity index (χ3v) is 9.35. The first kappa shape index (κ1) is 27.0. The fourth-order valence-corrected chi connectivity index (χ4v) is 6.91. The van der Waals surface area contributed by atoms with Gasteiger partial charge in [-0.15, -0.1) is 22.7 Å². The number of aryl methyl sites for hydroxylation is 2. The number of rotatable bonds is 7. The molecular formula is C29H24BrN3O4S2. The first-order valence-electron chi connectivity index (χ1n) is 12.2. The van der Waals surface area contributed by atoms with Crippen LogP contribution in [-0.4, -0.2) is 28.5 Å². The van der Waals surface area contributed by atoms with E-state index in [9.17, 15) is 14.4 Å². The number of carbonyl (C=O) groups excluding carboxylic acids is 2. The molecule has 0 saturated heterocycles. The SMILES string of the molecule is CCc1sc(NC(=O)c2sc3ncn(Cc4ccccc4)c(=O)c3c2C)c(C(=O)OC)c1-c1ccc(Br)cc1. The smallest absolute Gasteiger partial charge is 0.341 e. The maximum absolute atomic E-state index is 13.6. The van der Waals surface area contributed by atoms with Gasteiger partial charge >= 0.3 is 5.97 Å². The molecule has 198 valence electrons. The van der Waals surface area contributed by atoms with Crippen LogP contribution in [0.2, 0.25) is 0 Å². The lowest BCUT2D eigenvalue weighted by atomic mass is 10.00. The number of ether oxygens (including phenoxy) is 1. The Kier molecular flexibility index (Phi) is 7.79. The number of aromatic nitrogens is 2. The fraction of sp³-hybridized carbons (Fsp3) is 0.172. The second-order valence-corrected chi connectivity index (χ2v) is 11.8. The van der Waals surface area contributed by atoms with Gasteiger partial charge in [-0.05, 0) is 42.2 Å². The predicted octanol–water partition coefficient (Wildman–Crippen LogP) is 6.91. The Morgan fingerprint density at radius 2 is 1.79 bits per heavy atom. The predicted molar refractivity (Wildman–Crippen MR) is 160 cm³/mol. The van der Waals surface area contributed by atoms with Gasteiger partial charge in [-0.25, -0.2) is 9.78 Å². The monoisotopic (exact) mass is 621 g/mol. The number of nitrogens with one attached hydrogen (secondary N) is 1. The minimum absolute atomic E-state index is 0.200. The van der Waals surface area contributed by atoms with Crippen molar-refractivity contribution in [1.29, 1.82) is 0 Å². The van der Waals surface area contributed by atoms with E-state index in [1.807, 2.05) is 61.5 Å². The molecule has 3 aromatic heterocycles. The number of nitrogens with zero attached hydrogens (tertiary/aromatic N) is 2. The van der Waals surface area contributed by atoms with Crippen LogP contribution in [0.5, 0.6) is 0 Å². The van der Waals surface area contributed by atoms with Crippen molar-refractivity contribution in [2.24, 2.45) is 0 Å². The Morgan fingerprint density at radius 3 is 2.46 bits per heavy atom. The van der Waals surface area contributed by atoms with Crippen LogP contribution in [0.3, 0.4) is 0 Å². The van der Waals surface area contributed by atoms with E-state index in [1.165, 1.54) is 24.8 Å². The van der Waals surface area contributed by atoms with Crippen molar-refractivity contribution in [3.05, 3.63) is 102 Å². The number of carbonyl (C=O) groups is 2. The van der Waals surface area contributed by atoms with Gasteiger partial charge in [0.05, 0.1) is 30.2 Å². The quantitative estimate of drug-likeness (QED) is 0.199. The maximum atomic E-state index is 13.6. The van der Waals surface area contributed by atoms with Crippen molar-refractivity contribution in [2.45, 2.75) is 26.8 Å². The number of amides is 1. The number of anilines is 1. The van der Waals surface area contributed by atoms with Gasteiger partial charge in [0.25, 0.3) is 11.5 Å². The zero-order valence-corrected chi connectivity index (χ0v) is 24.6. The van der Waals surface area contributed by atoms with Crippen LogP contribution in [0.15, 0.2) is 70.2 Å². The van der Waals surface area contributed by atoms with Gasteiger partial charge in [0.2, 0.25) is 0 Å². The van der Waals surface area contributed by atoms with E-state index in [-0.39, 0.29) is 5.56 Å². The molecule has 10 heteroatoms. The molecule has 0 spiro atoms.